The zero-order chi connectivity index (χ0) is 22.7. The van der Waals surface area contributed by atoms with Crippen LogP contribution in [0.25, 0.3) is 0 Å². The number of hydrogen-bond acceptors (Lipinski definition) is 7. The predicted octanol–water partition coefficient (Wildman–Crippen LogP) is 2.29. The van der Waals surface area contributed by atoms with Crippen molar-refractivity contribution < 1.29 is 14.4 Å². The third-order valence-corrected chi connectivity index (χ3v) is 6.37. The second kappa shape index (κ2) is 9.51. The Kier molecular flexibility index (Phi) is 6.99. The van der Waals surface area contributed by atoms with Crippen LogP contribution in [-0.2, 0) is 9.59 Å². The Morgan fingerprint density at radius 1 is 1.16 bits per heavy atom. The van der Waals surface area contributed by atoms with E-state index in [-0.39, 0.29) is 36.5 Å². The van der Waals surface area contributed by atoms with Crippen molar-refractivity contribution in [2.45, 2.75) is 46.0 Å². The smallest absolute Gasteiger partial charge is 0.256 e. The Bertz CT molecular complexity index is 983. The summed E-state index contributed by atoms with van der Waals surface area (Å²) in [5, 5.41) is 3.33. The van der Waals surface area contributed by atoms with Crippen LogP contribution < -0.4 is 5.32 Å². The van der Waals surface area contributed by atoms with Gasteiger partial charge in [-0.3, -0.25) is 14.4 Å². The molecule has 3 rings (SSSR count). The molecule has 9 nitrogen and oxygen atoms in total. The van der Waals surface area contributed by atoms with E-state index >= 15 is 0 Å². The van der Waals surface area contributed by atoms with Crippen LogP contribution in [0.15, 0.2) is 6.20 Å². The Morgan fingerprint density at radius 3 is 2.52 bits per heavy atom. The van der Waals surface area contributed by atoms with Gasteiger partial charge in [-0.1, -0.05) is 0 Å². The van der Waals surface area contributed by atoms with Gasteiger partial charge in [0.25, 0.3) is 5.91 Å². The fourth-order valence-electron chi connectivity index (χ4n) is 3.42. The Hall–Kier alpha value is -2.88. The lowest BCUT2D eigenvalue weighted by Gasteiger charge is -2.17. The number of hydrogen-bond donors (Lipinski definition) is 1. The second-order valence-corrected chi connectivity index (χ2v) is 9.16. The van der Waals surface area contributed by atoms with Crippen molar-refractivity contribution in [3.63, 3.8) is 0 Å². The number of rotatable bonds is 6. The highest BCUT2D eigenvalue weighted by Crippen LogP contribution is 2.26. The van der Waals surface area contributed by atoms with E-state index in [4.69, 9.17) is 0 Å². The van der Waals surface area contributed by atoms with Gasteiger partial charge in [0.15, 0.2) is 5.13 Å². The van der Waals surface area contributed by atoms with Gasteiger partial charge in [0.2, 0.25) is 11.8 Å². The molecule has 2 aromatic heterocycles. The van der Waals surface area contributed by atoms with Gasteiger partial charge >= 0.3 is 0 Å². The number of amides is 3. The van der Waals surface area contributed by atoms with Gasteiger partial charge in [-0.2, -0.15) is 0 Å². The molecule has 1 aliphatic rings. The summed E-state index contributed by atoms with van der Waals surface area (Å²) in [6, 6.07) is 0. The Morgan fingerprint density at radius 2 is 1.90 bits per heavy atom. The van der Waals surface area contributed by atoms with Crippen molar-refractivity contribution in [1.82, 2.24) is 24.8 Å². The Balaban J connectivity index is 1.52. The van der Waals surface area contributed by atoms with Crippen LogP contribution >= 0.6 is 11.3 Å². The van der Waals surface area contributed by atoms with Crippen LogP contribution in [0.3, 0.4) is 0 Å². The standard InChI is InChI=1S/C21H28N6O3S/c1-12-14(3)31-21(24-12)25-17(28)6-7-18(29)27-9-8-15(11-27)19-22-10-16(13(2)23-19)20(30)26(4)5/h10,15H,6-9,11H2,1-5H3,(H,24,25,28). The number of likely N-dealkylation sites (tertiary alicyclic amines) is 1. The molecule has 2 aromatic rings. The minimum atomic E-state index is -0.210. The van der Waals surface area contributed by atoms with Gasteiger partial charge in [-0.05, 0) is 27.2 Å². The van der Waals surface area contributed by atoms with Crippen LogP contribution in [0.4, 0.5) is 5.13 Å². The first-order valence-corrected chi connectivity index (χ1v) is 11.0. The van der Waals surface area contributed by atoms with Crippen LogP contribution in [0.1, 0.15) is 57.6 Å². The van der Waals surface area contributed by atoms with Crippen molar-refractivity contribution >= 4 is 34.2 Å². The molecule has 0 spiro atoms. The summed E-state index contributed by atoms with van der Waals surface area (Å²) in [6.45, 7) is 6.77. The molecule has 0 aliphatic carbocycles. The molecule has 1 atom stereocenters. The van der Waals surface area contributed by atoms with E-state index in [2.05, 4.69) is 20.3 Å². The molecule has 166 valence electrons. The maximum Gasteiger partial charge on any atom is 0.256 e. The van der Waals surface area contributed by atoms with Gasteiger partial charge in [0.05, 0.1) is 17.0 Å². The highest BCUT2D eigenvalue weighted by Gasteiger charge is 2.29. The largest absolute Gasteiger partial charge is 0.345 e. The maximum absolute atomic E-state index is 12.6. The molecule has 0 saturated carbocycles. The monoisotopic (exact) mass is 444 g/mol. The lowest BCUT2D eigenvalue weighted by Crippen LogP contribution is -2.29. The molecule has 1 aliphatic heterocycles. The summed E-state index contributed by atoms with van der Waals surface area (Å²) >= 11 is 1.43. The molecule has 1 N–H and O–H groups in total. The fourth-order valence-corrected chi connectivity index (χ4v) is 4.25. The lowest BCUT2D eigenvalue weighted by atomic mass is 10.1. The summed E-state index contributed by atoms with van der Waals surface area (Å²) in [4.78, 5) is 54.4. The summed E-state index contributed by atoms with van der Waals surface area (Å²) in [6.07, 6.45) is 2.60. The van der Waals surface area contributed by atoms with Gasteiger partial charge < -0.3 is 15.1 Å². The van der Waals surface area contributed by atoms with Crippen LogP contribution in [-0.4, -0.2) is 69.7 Å². The molecule has 3 amide bonds. The summed E-state index contributed by atoms with van der Waals surface area (Å²) in [5.74, 6) is 0.281. The number of carbonyl (C=O) groups excluding carboxylic acids is 3. The van der Waals surface area contributed by atoms with Crippen LogP contribution in [0, 0.1) is 20.8 Å². The quantitative estimate of drug-likeness (QED) is 0.732. The van der Waals surface area contributed by atoms with E-state index in [0.29, 0.717) is 35.3 Å². The number of nitrogens with one attached hydrogen (secondary N) is 1. The summed E-state index contributed by atoms with van der Waals surface area (Å²) < 4.78 is 0. The van der Waals surface area contributed by atoms with E-state index in [0.717, 1.165) is 17.0 Å². The Labute approximate surface area is 185 Å². The van der Waals surface area contributed by atoms with Crippen molar-refractivity contribution in [3.8, 4) is 0 Å². The number of aryl methyl sites for hydroxylation is 3. The molecule has 3 heterocycles. The summed E-state index contributed by atoms with van der Waals surface area (Å²) in [7, 11) is 3.38. The van der Waals surface area contributed by atoms with Crippen molar-refractivity contribution in [3.05, 3.63) is 33.8 Å². The van der Waals surface area contributed by atoms with Gasteiger partial charge in [-0.25, -0.2) is 15.0 Å². The first-order valence-electron chi connectivity index (χ1n) is 10.2. The molecule has 31 heavy (non-hydrogen) atoms. The number of nitrogens with zero attached hydrogens (tertiary/aromatic N) is 5. The molecule has 0 radical (unpaired) electrons. The number of anilines is 1. The normalized spacial score (nSPS) is 15.8. The summed E-state index contributed by atoms with van der Waals surface area (Å²) in [5.41, 5.74) is 2.02. The molecular formula is C21H28N6O3S. The van der Waals surface area contributed by atoms with Crippen molar-refractivity contribution in [2.75, 3.05) is 32.5 Å². The van der Waals surface area contributed by atoms with Crippen LogP contribution in [0.2, 0.25) is 0 Å². The first-order chi connectivity index (χ1) is 14.7. The van der Waals surface area contributed by atoms with Crippen molar-refractivity contribution in [1.29, 1.82) is 0 Å². The SMILES string of the molecule is Cc1nc(C2CCN(C(=O)CCC(=O)Nc3nc(C)c(C)s3)C2)ncc1C(=O)N(C)C. The van der Waals surface area contributed by atoms with Crippen LogP contribution in [0.5, 0.6) is 0 Å². The molecule has 10 heteroatoms. The molecule has 0 bridgehead atoms. The van der Waals surface area contributed by atoms with Gasteiger partial charge in [-0.15, -0.1) is 11.3 Å². The maximum atomic E-state index is 12.6. The molecule has 0 aromatic carbocycles. The minimum Gasteiger partial charge on any atom is -0.345 e. The minimum absolute atomic E-state index is 0.0289. The average molecular weight is 445 g/mol. The number of aromatic nitrogens is 3. The molecular weight excluding hydrogens is 416 g/mol. The topological polar surface area (TPSA) is 108 Å². The highest BCUT2D eigenvalue weighted by atomic mass is 32.1. The van der Waals surface area contributed by atoms with E-state index < -0.39 is 0 Å². The number of thiazole rings is 1. The lowest BCUT2D eigenvalue weighted by molar-refractivity contribution is -0.131. The molecule has 1 fully saturated rings. The van der Waals surface area contributed by atoms with Crippen molar-refractivity contribution in [2.24, 2.45) is 0 Å². The van der Waals surface area contributed by atoms with Gasteiger partial charge in [0.1, 0.15) is 5.82 Å². The zero-order valence-electron chi connectivity index (χ0n) is 18.6. The number of carbonyl (C=O) groups is 3. The molecule has 1 saturated heterocycles. The highest BCUT2D eigenvalue weighted by molar-refractivity contribution is 7.15. The third-order valence-electron chi connectivity index (χ3n) is 5.38. The van der Waals surface area contributed by atoms with E-state index in [1.807, 2.05) is 13.8 Å². The predicted molar refractivity (Wildman–Crippen MR) is 118 cm³/mol. The third kappa shape index (κ3) is 5.43. The first kappa shape index (κ1) is 22.8. The molecule has 1 unspecified atom stereocenters. The zero-order valence-corrected chi connectivity index (χ0v) is 19.4. The van der Waals surface area contributed by atoms with Gasteiger partial charge in [0, 0.05) is 57.0 Å². The second-order valence-electron chi connectivity index (χ2n) is 7.96. The van der Waals surface area contributed by atoms with E-state index in [9.17, 15) is 14.4 Å². The van der Waals surface area contributed by atoms with E-state index in [1.165, 1.54) is 16.2 Å². The fraction of sp³-hybridized carbons (Fsp3) is 0.524. The van der Waals surface area contributed by atoms with E-state index in [1.54, 1.807) is 32.1 Å². The average Bonchev–Trinajstić information content (AvgIpc) is 3.32.